The molecule has 3 heterocycles. The van der Waals surface area contributed by atoms with E-state index in [1.165, 1.54) is 4.90 Å². The third-order valence-electron chi connectivity index (χ3n) is 5.23. The Kier molecular flexibility index (Phi) is 5.05. The van der Waals surface area contributed by atoms with Crippen LogP contribution in [0.3, 0.4) is 0 Å². The van der Waals surface area contributed by atoms with Crippen LogP contribution >= 0.6 is 0 Å². The number of nitrogens with one attached hydrogen (secondary N) is 1. The summed E-state index contributed by atoms with van der Waals surface area (Å²) in [7, 11) is 0. The van der Waals surface area contributed by atoms with E-state index in [1.54, 1.807) is 45.0 Å². The lowest BCUT2D eigenvalue weighted by atomic mass is 10.1. The van der Waals surface area contributed by atoms with Crippen LogP contribution in [0.25, 0.3) is 0 Å². The maximum Gasteiger partial charge on any atom is 0.338 e. The minimum absolute atomic E-state index is 0.0468. The normalized spacial score (nSPS) is 33.3. The van der Waals surface area contributed by atoms with Crippen molar-refractivity contribution in [3.05, 3.63) is 35.9 Å². The van der Waals surface area contributed by atoms with Crippen LogP contribution in [0, 0.1) is 5.92 Å². The van der Waals surface area contributed by atoms with Gasteiger partial charge in [-0.3, -0.25) is 15.0 Å². The number of carbonyl (C=O) groups excluding carboxylic acids is 3. The van der Waals surface area contributed by atoms with E-state index in [0.717, 1.165) is 0 Å². The molecular weight excluding hydrogens is 380 g/mol. The van der Waals surface area contributed by atoms with Gasteiger partial charge in [-0.25, -0.2) is 9.59 Å². The van der Waals surface area contributed by atoms with Crippen LogP contribution < -0.4 is 5.32 Å². The molecule has 29 heavy (non-hydrogen) atoms. The molecule has 9 nitrogen and oxygen atoms in total. The quantitative estimate of drug-likeness (QED) is 0.754. The molecule has 5 atom stereocenters. The van der Waals surface area contributed by atoms with Crippen molar-refractivity contribution >= 4 is 17.9 Å². The largest absolute Gasteiger partial charge is 0.459 e. The molecule has 0 unspecified atom stereocenters. The molecule has 4 rings (SSSR count). The Morgan fingerprint density at radius 2 is 1.90 bits per heavy atom. The van der Waals surface area contributed by atoms with Crippen LogP contribution in [-0.2, 0) is 23.7 Å². The van der Waals surface area contributed by atoms with E-state index in [0.29, 0.717) is 5.56 Å². The molecule has 1 aromatic carbocycles. The summed E-state index contributed by atoms with van der Waals surface area (Å²) in [6.07, 6.45) is -2.44. The summed E-state index contributed by atoms with van der Waals surface area (Å²) in [5.41, 5.74) is 0.435. The van der Waals surface area contributed by atoms with Gasteiger partial charge in [0.25, 0.3) is 0 Å². The van der Waals surface area contributed by atoms with E-state index in [-0.39, 0.29) is 25.0 Å². The van der Waals surface area contributed by atoms with Crippen LogP contribution in [0.4, 0.5) is 4.79 Å². The zero-order valence-corrected chi connectivity index (χ0v) is 16.5. The molecular formula is C20H24N2O7. The van der Waals surface area contributed by atoms with Crippen LogP contribution in [0.5, 0.6) is 0 Å². The van der Waals surface area contributed by atoms with Gasteiger partial charge in [-0.2, -0.15) is 0 Å². The van der Waals surface area contributed by atoms with Crippen molar-refractivity contribution in [3.63, 3.8) is 0 Å². The van der Waals surface area contributed by atoms with E-state index in [4.69, 9.17) is 18.9 Å². The molecule has 1 aromatic rings. The lowest BCUT2D eigenvalue weighted by molar-refractivity contribution is -0.205. The third kappa shape index (κ3) is 3.85. The molecule has 0 spiro atoms. The standard InChI is InChI=1S/C20H24N2O7/c1-11-9-22(19(25)21-16(11)23)17-15-14(28-20(2,3)29-15)13(27-17)10-26-18(24)12-7-5-4-6-8-12/h4-8,11,13-15,17H,9-10H2,1-3H3,(H,21,23,25)/t11-,13-,14-,15-,17-/m1/s1. The van der Waals surface area contributed by atoms with Gasteiger partial charge >= 0.3 is 12.0 Å². The number of amides is 3. The summed E-state index contributed by atoms with van der Waals surface area (Å²) >= 11 is 0. The lowest BCUT2D eigenvalue weighted by Gasteiger charge is -2.36. The highest BCUT2D eigenvalue weighted by Gasteiger charge is 2.58. The molecule has 156 valence electrons. The summed E-state index contributed by atoms with van der Waals surface area (Å²) in [4.78, 5) is 37.8. The number of hydrogen-bond acceptors (Lipinski definition) is 7. The number of nitrogens with zero attached hydrogens (tertiary/aromatic N) is 1. The Hall–Kier alpha value is -2.49. The van der Waals surface area contributed by atoms with Gasteiger partial charge in [0.2, 0.25) is 5.91 Å². The summed E-state index contributed by atoms with van der Waals surface area (Å²) in [5, 5.41) is 2.33. The predicted molar refractivity (Wildman–Crippen MR) is 98.6 cm³/mol. The Labute approximate surface area is 168 Å². The van der Waals surface area contributed by atoms with Crippen molar-refractivity contribution in [2.75, 3.05) is 13.2 Å². The topological polar surface area (TPSA) is 103 Å². The molecule has 3 aliphatic heterocycles. The SMILES string of the molecule is C[C@@H]1CN([C@@H]2O[C@H](COC(=O)c3ccccc3)[C@H]3OC(C)(C)O[C@H]32)C(=O)NC1=O. The Bertz CT molecular complexity index is 812. The maximum atomic E-state index is 12.4. The first-order chi connectivity index (χ1) is 13.7. The smallest absolute Gasteiger partial charge is 0.338 e. The number of fused-ring (bicyclic) bond motifs is 1. The van der Waals surface area contributed by atoms with Crippen molar-refractivity contribution in [3.8, 4) is 0 Å². The summed E-state index contributed by atoms with van der Waals surface area (Å²) in [6.45, 7) is 5.44. The predicted octanol–water partition coefficient (Wildman–Crippen LogP) is 1.28. The molecule has 3 saturated heterocycles. The van der Waals surface area contributed by atoms with Crippen LogP contribution in [-0.4, -0.2) is 66.3 Å². The van der Waals surface area contributed by atoms with Crippen LogP contribution in [0.1, 0.15) is 31.1 Å². The van der Waals surface area contributed by atoms with Crippen molar-refractivity contribution < 1.29 is 33.3 Å². The maximum absolute atomic E-state index is 12.4. The Morgan fingerprint density at radius 1 is 1.21 bits per heavy atom. The second kappa shape index (κ2) is 7.40. The average Bonchev–Trinajstić information content (AvgIpc) is 3.16. The van der Waals surface area contributed by atoms with E-state index in [2.05, 4.69) is 5.32 Å². The fraction of sp³-hybridized carbons (Fsp3) is 0.550. The number of hydrogen-bond donors (Lipinski definition) is 1. The second-order valence-corrected chi connectivity index (χ2v) is 7.94. The molecule has 3 fully saturated rings. The minimum atomic E-state index is -0.868. The Balaban J connectivity index is 1.48. The monoisotopic (exact) mass is 404 g/mol. The lowest BCUT2D eigenvalue weighted by Crippen LogP contribution is -2.59. The summed E-state index contributed by atoms with van der Waals surface area (Å²) < 4.78 is 23.4. The fourth-order valence-electron chi connectivity index (χ4n) is 3.84. The zero-order valence-electron chi connectivity index (χ0n) is 16.5. The summed E-state index contributed by atoms with van der Waals surface area (Å²) in [5.74, 6) is -2.03. The number of benzene rings is 1. The van der Waals surface area contributed by atoms with Crippen LogP contribution in [0.15, 0.2) is 30.3 Å². The highest BCUT2D eigenvalue weighted by atomic mass is 16.8. The first-order valence-corrected chi connectivity index (χ1v) is 9.60. The Morgan fingerprint density at radius 3 is 2.62 bits per heavy atom. The highest BCUT2D eigenvalue weighted by molar-refractivity contribution is 5.97. The van der Waals surface area contributed by atoms with E-state index < -0.39 is 42.3 Å². The van der Waals surface area contributed by atoms with Gasteiger partial charge in [-0.1, -0.05) is 25.1 Å². The van der Waals surface area contributed by atoms with E-state index >= 15 is 0 Å². The molecule has 3 amide bonds. The molecule has 0 bridgehead atoms. The second-order valence-electron chi connectivity index (χ2n) is 7.94. The van der Waals surface area contributed by atoms with E-state index in [9.17, 15) is 14.4 Å². The first-order valence-electron chi connectivity index (χ1n) is 9.60. The molecule has 0 aromatic heterocycles. The first kappa shape index (κ1) is 19.8. The van der Waals surface area contributed by atoms with Crippen molar-refractivity contribution in [2.24, 2.45) is 5.92 Å². The van der Waals surface area contributed by atoms with Gasteiger partial charge in [-0.05, 0) is 26.0 Å². The molecule has 0 aliphatic carbocycles. The van der Waals surface area contributed by atoms with Gasteiger partial charge in [0.1, 0.15) is 24.9 Å². The number of urea groups is 1. The highest BCUT2D eigenvalue weighted by Crippen LogP contribution is 2.40. The average molecular weight is 404 g/mol. The molecule has 1 N–H and O–H groups in total. The van der Waals surface area contributed by atoms with Crippen LogP contribution in [0.2, 0.25) is 0 Å². The molecule has 0 radical (unpaired) electrons. The van der Waals surface area contributed by atoms with Crippen molar-refractivity contribution in [1.82, 2.24) is 10.2 Å². The third-order valence-corrected chi connectivity index (χ3v) is 5.23. The molecule has 3 aliphatic rings. The zero-order chi connectivity index (χ0) is 20.8. The van der Waals surface area contributed by atoms with Gasteiger partial charge < -0.3 is 18.9 Å². The van der Waals surface area contributed by atoms with Gasteiger partial charge in [-0.15, -0.1) is 0 Å². The number of imide groups is 1. The van der Waals surface area contributed by atoms with Crippen molar-refractivity contribution in [1.29, 1.82) is 0 Å². The molecule has 0 saturated carbocycles. The van der Waals surface area contributed by atoms with Gasteiger partial charge in [0.15, 0.2) is 12.0 Å². The number of carbonyl (C=O) groups is 3. The number of esters is 1. The summed E-state index contributed by atoms with van der Waals surface area (Å²) in [6, 6.07) is 8.11. The molecule has 9 heteroatoms. The minimum Gasteiger partial charge on any atom is -0.459 e. The van der Waals surface area contributed by atoms with E-state index in [1.807, 2.05) is 6.07 Å². The van der Waals surface area contributed by atoms with Crippen molar-refractivity contribution in [2.45, 2.75) is 51.1 Å². The van der Waals surface area contributed by atoms with Gasteiger partial charge in [0, 0.05) is 6.54 Å². The van der Waals surface area contributed by atoms with Gasteiger partial charge in [0.05, 0.1) is 11.5 Å². The number of ether oxygens (including phenoxy) is 4. The number of rotatable bonds is 4. The fourth-order valence-corrected chi connectivity index (χ4v) is 3.84.